The van der Waals surface area contributed by atoms with Crippen LogP contribution >= 0.6 is 12.2 Å². The molecule has 0 atom stereocenters. The van der Waals surface area contributed by atoms with E-state index in [1.165, 1.54) is 25.3 Å². The van der Waals surface area contributed by atoms with Crippen LogP contribution in [0.5, 0.6) is 0 Å². The molecule has 1 fully saturated rings. The van der Waals surface area contributed by atoms with Crippen LogP contribution in [-0.2, 0) is 6.67 Å². The first kappa shape index (κ1) is 13.5. The smallest absolute Gasteiger partial charge is 0.288 e. The number of aromatic nitrogens is 2. The van der Waals surface area contributed by atoms with Gasteiger partial charge in [0.1, 0.15) is 5.82 Å². The zero-order valence-electron chi connectivity index (χ0n) is 11.1. The van der Waals surface area contributed by atoms with Gasteiger partial charge in [-0.1, -0.05) is 18.6 Å². The maximum absolute atomic E-state index is 13.7. The number of hydrogen-bond donors (Lipinski definition) is 0. The van der Waals surface area contributed by atoms with Gasteiger partial charge >= 0.3 is 0 Å². The van der Waals surface area contributed by atoms with Crippen molar-refractivity contribution in [1.82, 2.24) is 14.7 Å². The van der Waals surface area contributed by atoms with Crippen molar-refractivity contribution in [1.29, 1.82) is 0 Å². The van der Waals surface area contributed by atoms with Crippen molar-refractivity contribution in [2.24, 2.45) is 0 Å². The molecule has 2 aromatic rings. The molecular weight excluding hydrogens is 277 g/mol. The number of benzene rings is 1. The summed E-state index contributed by atoms with van der Waals surface area (Å²) in [7, 11) is 0. The Morgan fingerprint density at radius 3 is 2.70 bits per heavy atom. The second-order valence-corrected chi connectivity index (χ2v) is 5.32. The summed E-state index contributed by atoms with van der Waals surface area (Å²) in [6, 6.07) is 6.41. The van der Waals surface area contributed by atoms with Crippen LogP contribution < -0.4 is 0 Å². The molecule has 1 aliphatic heterocycles. The molecule has 106 valence electrons. The minimum absolute atomic E-state index is 0.241. The summed E-state index contributed by atoms with van der Waals surface area (Å²) in [5, 5.41) is 4.30. The number of nitrogens with zero attached hydrogens (tertiary/aromatic N) is 3. The predicted molar refractivity (Wildman–Crippen MR) is 76.1 cm³/mol. The Kier molecular flexibility index (Phi) is 3.93. The maximum atomic E-state index is 13.7. The molecule has 0 spiro atoms. The monoisotopic (exact) mass is 293 g/mol. The highest BCUT2D eigenvalue weighted by Crippen LogP contribution is 2.21. The lowest BCUT2D eigenvalue weighted by atomic mass is 10.1. The van der Waals surface area contributed by atoms with E-state index < -0.39 is 0 Å². The lowest BCUT2D eigenvalue weighted by molar-refractivity contribution is 0.170. The summed E-state index contributed by atoms with van der Waals surface area (Å²) < 4.78 is 20.8. The van der Waals surface area contributed by atoms with Gasteiger partial charge < -0.3 is 4.42 Å². The average molecular weight is 293 g/mol. The molecule has 0 bridgehead atoms. The number of likely N-dealkylation sites (tertiary alicyclic amines) is 1. The zero-order valence-corrected chi connectivity index (χ0v) is 11.9. The number of rotatable bonds is 3. The first-order chi connectivity index (χ1) is 9.74. The molecule has 1 aliphatic rings. The van der Waals surface area contributed by atoms with Gasteiger partial charge in [0.25, 0.3) is 4.84 Å². The first-order valence-corrected chi connectivity index (χ1v) is 7.20. The van der Waals surface area contributed by atoms with Crippen LogP contribution in [0, 0.1) is 10.7 Å². The first-order valence-electron chi connectivity index (χ1n) is 6.79. The van der Waals surface area contributed by atoms with Crippen LogP contribution in [0.25, 0.3) is 11.5 Å². The molecule has 0 aliphatic carbocycles. The highest BCUT2D eigenvalue weighted by Gasteiger charge is 2.15. The fourth-order valence-electron chi connectivity index (χ4n) is 2.43. The highest BCUT2D eigenvalue weighted by molar-refractivity contribution is 7.71. The van der Waals surface area contributed by atoms with E-state index >= 15 is 0 Å². The molecule has 1 saturated heterocycles. The van der Waals surface area contributed by atoms with Gasteiger partial charge in [-0.2, -0.15) is 0 Å². The Morgan fingerprint density at radius 2 is 1.95 bits per heavy atom. The SMILES string of the molecule is Fc1ccccc1-c1nn(CN2CCCCC2)c(=S)o1. The third kappa shape index (κ3) is 2.81. The third-order valence-corrected chi connectivity index (χ3v) is 3.79. The molecule has 0 radical (unpaired) electrons. The van der Waals surface area contributed by atoms with Crippen molar-refractivity contribution in [2.45, 2.75) is 25.9 Å². The number of halogens is 1. The van der Waals surface area contributed by atoms with E-state index in [0.717, 1.165) is 13.1 Å². The molecular formula is C14H16FN3OS. The Bertz CT molecular complexity index is 646. The van der Waals surface area contributed by atoms with E-state index in [9.17, 15) is 4.39 Å². The van der Waals surface area contributed by atoms with Crippen molar-refractivity contribution in [2.75, 3.05) is 13.1 Å². The predicted octanol–water partition coefficient (Wildman–Crippen LogP) is 3.46. The summed E-state index contributed by atoms with van der Waals surface area (Å²) in [6.07, 6.45) is 3.68. The van der Waals surface area contributed by atoms with Crippen LogP contribution in [0.1, 0.15) is 19.3 Å². The van der Waals surface area contributed by atoms with E-state index in [4.69, 9.17) is 16.6 Å². The molecule has 0 N–H and O–H groups in total. The molecule has 1 aromatic carbocycles. The summed E-state index contributed by atoms with van der Waals surface area (Å²) in [5.74, 6) is -0.112. The van der Waals surface area contributed by atoms with Gasteiger partial charge in [-0.15, -0.1) is 5.10 Å². The van der Waals surface area contributed by atoms with Crippen molar-refractivity contribution in [3.05, 3.63) is 34.9 Å². The Morgan fingerprint density at radius 1 is 1.20 bits per heavy atom. The number of piperidine rings is 1. The van der Waals surface area contributed by atoms with E-state index in [0.29, 0.717) is 12.2 Å². The second kappa shape index (κ2) is 5.85. The lowest BCUT2D eigenvalue weighted by Gasteiger charge is -2.25. The van der Waals surface area contributed by atoms with E-state index in [2.05, 4.69) is 10.00 Å². The number of hydrogen-bond acceptors (Lipinski definition) is 4. The summed E-state index contributed by atoms with van der Waals surface area (Å²) >= 11 is 5.17. The van der Waals surface area contributed by atoms with Gasteiger partial charge in [0, 0.05) is 0 Å². The van der Waals surface area contributed by atoms with Crippen LogP contribution in [0.3, 0.4) is 0 Å². The second-order valence-electron chi connectivity index (χ2n) is 4.97. The van der Waals surface area contributed by atoms with E-state index in [1.54, 1.807) is 22.9 Å². The fraction of sp³-hybridized carbons (Fsp3) is 0.429. The van der Waals surface area contributed by atoms with Gasteiger partial charge in [-0.05, 0) is 50.3 Å². The highest BCUT2D eigenvalue weighted by atomic mass is 32.1. The minimum Gasteiger partial charge on any atom is -0.409 e. The molecule has 0 amide bonds. The molecule has 6 heteroatoms. The lowest BCUT2D eigenvalue weighted by Crippen LogP contribution is -2.32. The van der Waals surface area contributed by atoms with Gasteiger partial charge in [0.05, 0.1) is 12.2 Å². The van der Waals surface area contributed by atoms with Crippen LogP contribution in [0.15, 0.2) is 28.7 Å². The fourth-order valence-corrected chi connectivity index (χ4v) is 2.61. The summed E-state index contributed by atoms with van der Waals surface area (Å²) in [5.41, 5.74) is 0.344. The third-order valence-electron chi connectivity index (χ3n) is 3.49. The summed E-state index contributed by atoms with van der Waals surface area (Å²) in [4.78, 5) is 2.57. The molecule has 3 rings (SSSR count). The van der Waals surface area contributed by atoms with Crippen molar-refractivity contribution < 1.29 is 8.81 Å². The summed E-state index contributed by atoms with van der Waals surface area (Å²) in [6.45, 7) is 2.70. The molecule has 0 unspecified atom stereocenters. The van der Waals surface area contributed by atoms with Crippen molar-refractivity contribution in [3.8, 4) is 11.5 Å². The van der Waals surface area contributed by atoms with Gasteiger partial charge in [-0.25, -0.2) is 9.07 Å². The topological polar surface area (TPSA) is 34.2 Å². The standard InChI is InChI=1S/C14H16FN3OS/c15-12-7-3-2-6-11(12)13-16-18(14(20)19-13)10-17-8-4-1-5-9-17/h2-3,6-7H,1,4-5,8-10H2. The largest absolute Gasteiger partial charge is 0.409 e. The van der Waals surface area contributed by atoms with E-state index in [-0.39, 0.29) is 16.5 Å². The zero-order chi connectivity index (χ0) is 13.9. The van der Waals surface area contributed by atoms with Crippen LogP contribution in [0.4, 0.5) is 4.39 Å². The Hall–Kier alpha value is -1.53. The Labute approximate surface area is 121 Å². The quantitative estimate of drug-likeness (QED) is 0.812. The molecule has 2 heterocycles. The van der Waals surface area contributed by atoms with Crippen molar-refractivity contribution in [3.63, 3.8) is 0 Å². The van der Waals surface area contributed by atoms with Crippen molar-refractivity contribution >= 4 is 12.2 Å². The molecule has 20 heavy (non-hydrogen) atoms. The van der Waals surface area contributed by atoms with E-state index in [1.807, 2.05) is 0 Å². The average Bonchev–Trinajstić information content (AvgIpc) is 2.81. The van der Waals surface area contributed by atoms with Crippen LogP contribution in [-0.4, -0.2) is 27.8 Å². The van der Waals surface area contributed by atoms with Gasteiger partial charge in [0.2, 0.25) is 5.89 Å². The normalized spacial score (nSPS) is 16.4. The molecule has 1 aromatic heterocycles. The van der Waals surface area contributed by atoms with Gasteiger partial charge in [-0.3, -0.25) is 4.90 Å². The van der Waals surface area contributed by atoms with Gasteiger partial charge in [0.15, 0.2) is 0 Å². The van der Waals surface area contributed by atoms with Crippen LogP contribution in [0.2, 0.25) is 0 Å². The Balaban J connectivity index is 1.84. The molecule has 4 nitrogen and oxygen atoms in total. The minimum atomic E-state index is -0.353. The molecule has 0 saturated carbocycles. The maximum Gasteiger partial charge on any atom is 0.288 e.